The highest BCUT2D eigenvalue weighted by Crippen LogP contribution is 2.72. The van der Waals surface area contributed by atoms with E-state index in [2.05, 4.69) is 0 Å². The van der Waals surface area contributed by atoms with Gasteiger partial charge in [-0.15, -0.1) is 0 Å². The van der Waals surface area contributed by atoms with Crippen LogP contribution in [-0.2, 0) is 23.9 Å². The Balaban J connectivity index is 1.25. The van der Waals surface area contributed by atoms with E-state index in [4.69, 9.17) is 14.6 Å². The van der Waals surface area contributed by atoms with E-state index in [1.807, 2.05) is 6.92 Å². The molecule has 0 radical (unpaired) electrons. The number of fused-ring (bicyclic) bond motifs is 7. The summed E-state index contributed by atoms with van der Waals surface area (Å²) in [6.07, 6.45) is 11.4. The Hall–Kier alpha value is -1.94. The molecular formula is C36H53FO8. The highest BCUT2D eigenvalue weighted by atomic mass is 19.1. The molecule has 1 aliphatic heterocycles. The van der Waals surface area contributed by atoms with Gasteiger partial charge in [0.15, 0.2) is 28.6 Å². The number of aliphatic hydroxyl groups excluding tert-OH is 2. The van der Waals surface area contributed by atoms with Crippen molar-refractivity contribution >= 4 is 17.5 Å². The lowest BCUT2D eigenvalue weighted by molar-refractivity contribution is -0.246. The number of allylic oxidation sites excluding steroid dienone is 4. The van der Waals surface area contributed by atoms with E-state index in [-0.39, 0.29) is 36.7 Å². The highest BCUT2D eigenvalue weighted by Gasteiger charge is 2.80. The molecule has 3 saturated carbocycles. The van der Waals surface area contributed by atoms with Crippen LogP contribution in [0.5, 0.6) is 0 Å². The molecule has 45 heavy (non-hydrogen) atoms. The molecule has 0 aromatic carbocycles. The van der Waals surface area contributed by atoms with Crippen LogP contribution in [0.3, 0.4) is 0 Å². The number of carbonyl (C=O) groups is 3. The SMILES string of the molecule is CC1(C)O[C@@H]2C[C@H]3[C@@H]4CCC5=CC(=O)C=C[C@]5(C)C4(F)[C@@H](O)C[C@]3(C)[C@]2(C(=O)CC(O)CCCCCCCCCCC(=O)O)O1. The van der Waals surface area contributed by atoms with Gasteiger partial charge < -0.3 is 24.8 Å². The van der Waals surface area contributed by atoms with Crippen molar-refractivity contribution in [2.24, 2.45) is 22.7 Å². The Morgan fingerprint density at radius 1 is 1.02 bits per heavy atom. The van der Waals surface area contributed by atoms with Crippen LogP contribution in [0.25, 0.3) is 0 Å². The number of rotatable bonds is 14. The van der Waals surface area contributed by atoms with E-state index in [9.17, 15) is 24.6 Å². The molecule has 0 spiro atoms. The maximum atomic E-state index is 17.6. The van der Waals surface area contributed by atoms with Gasteiger partial charge in [0.1, 0.15) is 0 Å². The summed E-state index contributed by atoms with van der Waals surface area (Å²) in [5.74, 6) is -3.03. The van der Waals surface area contributed by atoms with E-state index in [1.54, 1.807) is 26.8 Å². The van der Waals surface area contributed by atoms with Crippen LogP contribution >= 0.6 is 0 Å². The molecular weight excluding hydrogens is 579 g/mol. The zero-order valence-corrected chi connectivity index (χ0v) is 27.5. The summed E-state index contributed by atoms with van der Waals surface area (Å²) in [6.45, 7) is 7.29. The van der Waals surface area contributed by atoms with Crippen molar-refractivity contribution in [3.8, 4) is 0 Å². The van der Waals surface area contributed by atoms with Gasteiger partial charge in [-0.3, -0.25) is 14.4 Å². The first kappa shape index (κ1) is 34.4. The number of Topliss-reactive ketones (excluding diaryl/α,β-unsaturated/α-hetero) is 1. The van der Waals surface area contributed by atoms with Gasteiger partial charge in [-0.25, -0.2) is 4.39 Å². The van der Waals surface area contributed by atoms with E-state index < -0.39 is 58.1 Å². The summed E-state index contributed by atoms with van der Waals surface area (Å²) in [5.41, 5.74) is -4.71. The number of ketones is 2. The number of ether oxygens (including phenoxy) is 2. The second kappa shape index (κ2) is 12.6. The van der Waals surface area contributed by atoms with Gasteiger partial charge in [-0.2, -0.15) is 0 Å². The fourth-order valence-electron chi connectivity index (χ4n) is 9.99. The minimum Gasteiger partial charge on any atom is -0.481 e. The van der Waals surface area contributed by atoms with Crippen LogP contribution < -0.4 is 0 Å². The first-order valence-electron chi connectivity index (χ1n) is 17.2. The molecule has 4 fully saturated rings. The Kier molecular flexibility index (Phi) is 9.62. The maximum Gasteiger partial charge on any atom is 0.303 e. The van der Waals surface area contributed by atoms with Crippen molar-refractivity contribution in [2.45, 2.75) is 159 Å². The first-order valence-corrected chi connectivity index (χ1v) is 17.2. The molecule has 5 rings (SSSR count). The van der Waals surface area contributed by atoms with Gasteiger partial charge in [0.05, 0.1) is 18.3 Å². The Bertz CT molecular complexity index is 1230. The average molecular weight is 633 g/mol. The minimum atomic E-state index is -2.01. The molecule has 0 aromatic rings. The van der Waals surface area contributed by atoms with Gasteiger partial charge >= 0.3 is 5.97 Å². The Morgan fingerprint density at radius 3 is 2.33 bits per heavy atom. The van der Waals surface area contributed by atoms with Crippen molar-refractivity contribution in [3.05, 3.63) is 23.8 Å². The van der Waals surface area contributed by atoms with E-state index >= 15 is 4.39 Å². The van der Waals surface area contributed by atoms with Gasteiger partial charge in [0, 0.05) is 29.6 Å². The number of alkyl halides is 1. The third-order valence-electron chi connectivity index (χ3n) is 12.1. The molecule has 252 valence electrons. The fraction of sp³-hybridized carbons (Fsp3) is 0.806. The number of hydrogen-bond donors (Lipinski definition) is 3. The molecule has 9 heteroatoms. The lowest BCUT2D eigenvalue weighted by Crippen LogP contribution is -2.69. The van der Waals surface area contributed by atoms with Crippen LogP contribution in [0, 0.1) is 22.7 Å². The normalized spacial score (nSPS) is 40.2. The van der Waals surface area contributed by atoms with Crippen molar-refractivity contribution in [2.75, 3.05) is 0 Å². The van der Waals surface area contributed by atoms with E-state index in [0.717, 1.165) is 51.4 Å². The van der Waals surface area contributed by atoms with Gasteiger partial charge in [-0.05, 0) is 77.4 Å². The quantitative estimate of drug-likeness (QED) is 0.194. The third-order valence-corrected chi connectivity index (χ3v) is 12.1. The molecule has 0 amide bonds. The fourth-order valence-corrected chi connectivity index (χ4v) is 9.99. The van der Waals surface area contributed by atoms with E-state index in [1.165, 1.54) is 12.2 Å². The number of carboxylic acids is 1. The third kappa shape index (κ3) is 5.78. The predicted molar refractivity (Wildman–Crippen MR) is 166 cm³/mol. The average Bonchev–Trinajstić information content (AvgIpc) is 3.36. The smallest absolute Gasteiger partial charge is 0.303 e. The molecule has 9 atom stereocenters. The number of hydrogen-bond acceptors (Lipinski definition) is 7. The van der Waals surface area contributed by atoms with Crippen LogP contribution in [-0.4, -0.2) is 68.2 Å². The standard InChI is InChI=1S/C36H53FO8/c1-32(2)44-30-21-27-26-16-15-23-19-25(39)17-18-33(23,3)35(26,37)29(41)22-34(27,4)36(30,45-32)28(40)20-24(38)13-11-9-7-5-6-8-10-12-14-31(42)43/h17-19,24,26-27,29-30,38,41H,5-16,20-22H2,1-4H3,(H,42,43)/t24?,26-,27-,29-,30+,33-,34-,35?,36+/m0/s1. The monoisotopic (exact) mass is 632 g/mol. The summed E-state index contributed by atoms with van der Waals surface area (Å²) in [7, 11) is 0. The number of aliphatic hydroxyl groups is 2. The van der Waals surface area contributed by atoms with Gasteiger partial charge in [0.25, 0.3) is 0 Å². The topological polar surface area (TPSA) is 130 Å². The number of carbonyl (C=O) groups excluding carboxylic acids is 2. The predicted octanol–water partition coefficient (Wildman–Crippen LogP) is 6.16. The highest BCUT2D eigenvalue weighted by molar-refractivity contribution is 6.01. The van der Waals surface area contributed by atoms with Crippen molar-refractivity contribution in [1.29, 1.82) is 0 Å². The van der Waals surface area contributed by atoms with Crippen molar-refractivity contribution in [1.82, 2.24) is 0 Å². The molecule has 1 saturated heterocycles. The number of halogens is 1. The Morgan fingerprint density at radius 2 is 1.67 bits per heavy atom. The summed E-state index contributed by atoms with van der Waals surface area (Å²) in [5, 5.41) is 31.5. The van der Waals surface area contributed by atoms with Crippen molar-refractivity contribution in [3.63, 3.8) is 0 Å². The maximum absolute atomic E-state index is 17.6. The zero-order valence-electron chi connectivity index (χ0n) is 27.5. The summed E-state index contributed by atoms with van der Waals surface area (Å²) >= 11 is 0. The van der Waals surface area contributed by atoms with E-state index in [0.29, 0.717) is 31.3 Å². The van der Waals surface area contributed by atoms with Gasteiger partial charge in [-0.1, -0.05) is 63.5 Å². The lowest BCUT2D eigenvalue weighted by atomic mass is 9.44. The largest absolute Gasteiger partial charge is 0.481 e. The summed E-state index contributed by atoms with van der Waals surface area (Å²) in [6, 6.07) is 0. The molecule has 1 heterocycles. The number of aliphatic carboxylic acids is 1. The minimum absolute atomic E-state index is 0.0173. The second-order valence-electron chi connectivity index (χ2n) is 15.4. The van der Waals surface area contributed by atoms with Crippen LogP contribution in [0.15, 0.2) is 23.8 Å². The van der Waals surface area contributed by atoms with Crippen LogP contribution in [0.4, 0.5) is 4.39 Å². The molecule has 3 N–H and O–H groups in total. The number of carboxylic acid groups (broad SMARTS) is 1. The van der Waals surface area contributed by atoms with Crippen LogP contribution in [0.1, 0.15) is 124 Å². The van der Waals surface area contributed by atoms with Gasteiger partial charge in [0.2, 0.25) is 0 Å². The summed E-state index contributed by atoms with van der Waals surface area (Å²) < 4.78 is 30.6. The molecule has 4 aliphatic carbocycles. The van der Waals surface area contributed by atoms with Crippen molar-refractivity contribution < 1.29 is 43.6 Å². The molecule has 0 aromatic heterocycles. The molecule has 5 aliphatic rings. The number of unbranched alkanes of at least 4 members (excludes halogenated alkanes) is 7. The summed E-state index contributed by atoms with van der Waals surface area (Å²) in [4.78, 5) is 37.1. The Labute approximate surface area is 266 Å². The second-order valence-corrected chi connectivity index (χ2v) is 15.4. The van der Waals surface area contributed by atoms with Crippen LogP contribution in [0.2, 0.25) is 0 Å². The lowest BCUT2D eigenvalue weighted by Gasteiger charge is -2.62. The molecule has 8 nitrogen and oxygen atoms in total. The first-order chi connectivity index (χ1) is 21.1. The molecule has 2 unspecified atom stereocenters. The molecule has 0 bridgehead atoms. The zero-order chi connectivity index (χ0) is 32.8.